The Kier molecular flexibility index (Phi) is 3.95. The Bertz CT molecular complexity index is 2100. The first-order chi connectivity index (χ1) is 18.8. The van der Waals surface area contributed by atoms with Crippen molar-refractivity contribution >= 4 is 48.2 Å². The van der Waals surface area contributed by atoms with E-state index in [2.05, 4.69) is 143 Å². The molecule has 2 aliphatic rings. The smallest absolute Gasteiger partial charge is 0.0619 e. The van der Waals surface area contributed by atoms with Crippen LogP contribution in [0.25, 0.3) is 54.6 Å². The SMILES string of the molecule is Brc1ccc2c(c1)C1(c3ccccc3-c3ccccc31)c1cc3c4ccccc4c4ccccc4c3cc1-2. The summed E-state index contributed by atoms with van der Waals surface area (Å²) in [4.78, 5) is 0. The van der Waals surface area contributed by atoms with Gasteiger partial charge >= 0.3 is 0 Å². The van der Waals surface area contributed by atoms with Gasteiger partial charge in [-0.25, -0.2) is 0 Å². The molecule has 0 aromatic heterocycles. The maximum Gasteiger partial charge on any atom is 0.0726 e. The van der Waals surface area contributed by atoms with E-state index < -0.39 is 0 Å². The fraction of sp³-hybridized carbons (Fsp3) is 0.0270. The fourth-order valence-electron chi connectivity index (χ4n) is 7.51. The van der Waals surface area contributed by atoms with Crippen molar-refractivity contribution in [3.05, 3.63) is 154 Å². The molecule has 1 heteroatoms. The maximum atomic E-state index is 3.83. The summed E-state index contributed by atoms with van der Waals surface area (Å²) in [6.07, 6.45) is 0. The van der Waals surface area contributed by atoms with Crippen LogP contribution < -0.4 is 0 Å². The van der Waals surface area contributed by atoms with Crippen molar-refractivity contribution in [2.24, 2.45) is 0 Å². The largest absolute Gasteiger partial charge is 0.0726 e. The molecule has 0 aliphatic heterocycles. The highest BCUT2D eigenvalue weighted by molar-refractivity contribution is 9.10. The Balaban J connectivity index is 1.54. The molecule has 0 bridgehead atoms. The van der Waals surface area contributed by atoms with Gasteiger partial charge in [-0.3, -0.25) is 0 Å². The first-order valence-corrected chi connectivity index (χ1v) is 13.9. The first-order valence-electron chi connectivity index (χ1n) is 13.1. The van der Waals surface area contributed by atoms with E-state index in [1.807, 2.05) is 0 Å². The van der Waals surface area contributed by atoms with E-state index in [4.69, 9.17) is 0 Å². The lowest BCUT2D eigenvalue weighted by atomic mass is 9.70. The lowest BCUT2D eigenvalue weighted by Crippen LogP contribution is -2.25. The molecule has 0 unspecified atom stereocenters. The number of hydrogen-bond donors (Lipinski definition) is 0. The molecule has 1 spiro atoms. The van der Waals surface area contributed by atoms with Gasteiger partial charge in [0.2, 0.25) is 0 Å². The van der Waals surface area contributed by atoms with E-state index in [1.165, 1.54) is 76.8 Å². The highest BCUT2D eigenvalue weighted by atomic mass is 79.9. The number of hydrogen-bond acceptors (Lipinski definition) is 0. The Hall–Kier alpha value is -4.20. The van der Waals surface area contributed by atoms with Gasteiger partial charge in [-0.15, -0.1) is 0 Å². The lowest BCUT2D eigenvalue weighted by Gasteiger charge is -2.31. The summed E-state index contributed by atoms with van der Waals surface area (Å²) in [7, 11) is 0. The topological polar surface area (TPSA) is 0 Å². The predicted octanol–water partition coefficient (Wildman–Crippen LogP) is 10.3. The molecule has 7 aromatic carbocycles. The third kappa shape index (κ3) is 2.37. The van der Waals surface area contributed by atoms with Gasteiger partial charge in [-0.1, -0.05) is 119 Å². The third-order valence-corrected chi connectivity index (χ3v) is 9.41. The van der Waals surface area contributed by atoms with Gasteiger partial charge in [-0.05, 0) is 101 Å². The molecule has 0 atom stereocenters. The second-order valence-corrected chi connectivity index (χ2v) is 11.5. The average Bonchev–Trinajstić information content (AvgIpc) is 3.43. The minimum absolute atomic E-state index is 0.345. The van der Waals surface area contributed by atoms with E-state index in [0.717, 1.165) is 4.47 Å². The zero-order valence-corrected chi connectivity index (χ0v) is 22.1. The lowest BCUT2D eigenvalue weighted by molar-refractivity contribution is 0.794. The maximum absolute atomic E-state index is 3.83. The van der Waals surface area contributed by atoms with Gasteiger partial charge in [0.05, 0.1) is 5.41 Å². The van der Waals surface area contributed by atoms with Crippen molar-refractivity contribution in [3.63, 3.8) is 0 Å². The molecule has 7 aromatic rings. The number of fused-ring (bicyclic) bond motifs is 16. The van der Waals surface area contributed by atoms with Gasteiger partial charge in [0.15, 0.2) is 0 Å². The highest BCUT2D eigenvalue weighted by Gasteiger charge is 2.51. The van der Waals surface area contributed by atoms with Crippen LogP contribution in [0.1, 0.15) is 22.3 Å². The molecule has 0 N–H and O–H groups in total. The van der Waals surface area contributed by atoms with Crippen LogP contribution in [0.15, 0.2) is 132 Å². The molecule has 2 aliphatic carbocycles. The van der Waals surface area contributed by atoms with E-state index in [-0.39, 0.29) is 5.41 Å². The first kappa shape index (κ1) is 20.8. The summed E-state index contributed by atoms with van der Waals surface area (Å²) >= 11 is 3.83. The van der Waals surface area contributed by atoms with Crippen LogP contribution in [0.3, 0.4) is 0 Å². The number of rotatable bonds is 0. The van der Waals surface area contributed by atoms with Crippen LogP contribution in [-0.2, 0) is 5.41 Å². The molecule has 0 saturated heterocycles. The standard InChI is InChI=1S/C37H21Br/c38-22-17-18-29-32-20-30-25-11-3-1-9-23(25)24-10-2-4-12-26(24)31(30)21-36(32)37(35(29)19-22)33-15-7-5-13-27(33)28-14-6-8-16-34(28)37/h1-21H. The molecule has 0 heterocycles. The van der Waals surface area contributed by atoms with Crippen LogP contribution in [0, 0.1) is 0 Å². The summed E-state index contributed by atoms with van der Waals surface area (Å²) < 4.78 is 1.12. The van der Waals surface area contributed by atoms with Crippen LogP contribution in [0.5, 0.6) is 0 Å². The monoisotopic (exact) mass is 544 g/mol. The van der Waals surface area contributed by atoms with Crippen LogP contribution >= 0.6 is 15.9 Å². The molecule has 0 radical (unpaired) electrons. The highest BCUT2D eigenvalue weighted by Crippen LogP contribution is 2.63. The van der Waals surface area contributed by atoms with E-state index in [0.29, 0.717) is 0 Å². The average molecular weight is 545 g/mol. The minimum Gasteiger partial charge on any atom is -0.0619 e. The quantitative estimate of drug-likeness (QED) is 0.166. The molecule has 9 rings (SSSR count). The summed E-state index contributed by atoms with van der Waals surface area (Å²) in [6.45, 7) is 0. The van der Waals surface area contributed by atoms with Gasteiger partial charge < -0.3 is 0 Å². The molecular formula is C37H21Br. The molecule has 38 heavy (non-hydrogen) atoms. The van der Waals surface area contributed by atoms with Crippen LogP contribution in [-0.4, -0.2) is 0 Å². The summed E-state index contributed by atoms with van der Waals surface area (Å²) in [5.74, 6) is 0. The van der Waals surface area contributed by atoms with Crippen LogP contribution in [0.2, 0.25) is 0 Å². The third-order valence-electron chi connectivity index (χ3n) is 8.91. The second kappa shape index (κ2) is 7.22. The molecule has 0 amide bonds. The van der Waals surface area contributed by atoms with E-state index in [9.17, 15) is 0 Å². The zero-order valence-electron chi connectivity index (χ0n) is 20.5. The second-order valence-electron chi connectivity index (χ2n) is 10.6. The predicted molar refractivity (Wildman–Crippen MR) is 163 cm³/mol. The Morgan fingerprint density at radius 1 is 0.342 bits per heavy atom. The fourth-order valence-corrected chi connectivity index (χ4v) is 7.87. The van der Waals surface area contributed by atoms with Gasteiger partial charge in [0.1, 0.15) is 0 Å². The number of halogens is 1. The van der Waals surface area contributed by atoms with Crippen molar-refractivity contribution in [1.82, 2.24) is 0 Å². The van der Waals surface area contributed by atoms with Gasteiger partial charge in [0, 0.05) is 4.47 Å². The van der Waals surface area contributed by atoms with Gasteiger partial charge in [0.25, 0.3) is 0 Å². The molecule has 0 fully saturated rings. The van der Waals surface area contributed by atoms with Crippen molar-refractivity contribution in [3.8, 4) is 22.3 Å². The molecule has 0 nitrogen and oxygen atoms in total. The summed E-state index contributed by atoms with van der Waals surface area (Å²) in [5, 5.41) is 7.91. The normalized spacial score (nSPS) is 14.1. The molecule has 176 valence electrons. The Morgan fingerprint density at radius 2 is 0.789 bits per heavy atom. The van der Waals surface area contributed by atoms with E-state index >= 15 is 0 Å². The van der Waals surface area contributed by atoms with Crippen molar-refractivity contribution in [2.45, 2.75) is 5.41 Å². The van der Waals surface area contributed by atoms with Gasteiger partial charge in [-0.2, -0.15) is 0 Å². The van der Waals surface area contributed by atoms with Crippen molar-refractivity contribution < 1.29 is 0 Å². The van der Waals surface area contributed by atoms with Crippen LogP contribution in [0.4, 0.5) is 0 Å². The van der Waals surface area contributed by atoms with Crippen molar-refractivity contribution in [2.75, 3.05) is 0 Å². The van der Waals surface area contributed by atoms with Crippen molar-refractivity contribution in [1.29, 1.82) is 0 Å². The van der Waals surface area contributed by atoms with E-state index in [1.54, 1.807) is 0 Å². The molecule has 0 saturated carbocycles. The summed E-state index contributed by atoms with van der Waals surface area (Å²) in [6, 6.07) is 47.6. The zero-order chi connectivity index (χ0) is 25.0. The molecular weight excluding hydrogens is 524 g/mol. The Morgan fingerprint density at radius 3 is 1.39 bits per heavy atom. The number of benzene rings is 7. The summed E-state index contributed by atoms with van der Waals surface area (Å²) in [5.41, 5.74) is 10.5. The minimum atomic E-state index is -0.345. The Labute approximate surface area is 229 Å².